The second-order valence-corrected chi connectivity index (χ2v) is 17.2. The van der Waals surface area contributed by atoms with Crippen LogP contribution in [0, 0.1) is 5.41 Å². The Balaban J connectivity index is 1.09. The Morgan fingerprint density at radius 3 is 1.80 bits per heavy atom. The standard InChI is InChI=1S/C39H58N2O4/c1-36(2,3)40-27-19-32(20-27)43-30-13-11-12-29(23-30)42-25-38(7,8)16-17-39(9,10)35-18-26-14-15-31(24-34(26)45-35)44-33-21-28(22-33)41-37(4,5)6/h11-15,18,23-24,27-28,32-33,40-41H,16-17,19-22,25H2,1-10H3. The van der Waals surface area contributed by atoms with Crippen molar-refractivity contribution in [2.24, 2.45) is 5.41 Å². The van der Waals surface area contributed by atoms with Crippen LogP contribution in [-0.4, -0.2) is 42.0 Å². The van der Waals surface area contributed by atoms with E-state index in [9.17, 15) is 0 Å². The van der Waals surface area contributed by atoms with Gasteiger partial charge >= 0.3 is 0 Å². The van der Waals surface area contributed by atoms with Crippen LogP contribution in [0.4, 0.5) is 0 Å². The Labute approximate surface area is 272 Å². The molecule has 5 rings (SSSR count). The summed E-state index contributed by atoms with van der Waals surface area (Å²) in [5.74, 6) is 3.66. The molecule has 6 heteroatoms. The van der Waals surface area contributed by atoms with E-state index in [1.54, 1.807) is 0 Å². The van der Waals surface area contributed by atoms with E-state index in [0.29, 0.717) is 18.7 Å². The van der Waals surface area contributed by atoms with Gasteiger partial charge in [0.25, 0.3) is 0 Å². The first-order chi connectivity index (χ1) is 20.9. The van der Waals surface area contributed by atoms with E-state index in [1.165, 1.54) is 0 Å². The van der Waals surface area contributed by atoms with Crippen molar-refractivity contribution in [1.29, 1.82) is 0 Å². The lowest BCUT2D eigenvalue weighted by atomic mass is 9.78. The van der Waals surface area contributed by atoms with Crippen LogP contribution in [0.5, 0.6) is 17.2 Å². The molecule has 6 nitrogen and oxygen atoms in total. The number of hydrogen-bond acceptors (Lipinski definition) is 6. The third-order valence-corrected chi connectivity index (χ3v) is 9.09. The van der Waals surface area contributed by atoms with Crippen molar-refractivity contribution in [3.8, 4) is 17.2 Å². The first-order valence-electron chi connectivity index (χ1n) is 17.1. The summed E-state index contributed by atoms with van der Waals surface area (Å²) < 4.78 is 25.3. The second-order valence-electron chi connectivity index (χ2n) is 17.2. The molecule has 1 heterocycles. The van der Waals surface area contributed by atoms with Crippen molar-refractivity contribution in [3.63, 3.8) is 0 Å². The number of rotatable bonds is 13. The molecule has 0 saturated heterocycles. The van der Waals surface area contributed by atoms with Gasteiger partial charge in [0.2, 0.25) is 0 Å². The maximum Gasteiger partial charge on any atom is 0.137 e. The molecule has 2 N–H and O–H groups in total. The Morgan fingerprint density at radius 1 is 0.667 bits per heavy atom. The average molecular weight is 619 g/mol. The molecule has 0 unspecified atom stereocenters. The largest absolute Gasteiger partial charge is 0.493 e. The normalized spacial score (nSPS) is 22.5. The van der Waals surface area contributed by atoms with E-state index in [1.807, 2.05) is 24.3 Å². The highest BCUT2D eigenvalue weighted by molar-refractivity contribution is 5.79. The Morgan fingerprint density at radius 2 is 1.22 bits per heavy atom. The molecule has 2 aliphatic carbocycles. The molecule has 2 aromatic carbocycles. The van der Waals surface area contributed by atoms with E-state index in [0.717, 1.165) is 72.5 Å². The van der Waals surface area contributed by atoms with Gasteiger partial charge in [-0.2, -0.15) is 0 Å². The summed E-state index contributed by atoms with van der Waals surface area (Å²) in [5.41, 5.74) is 1.07. The molecular formula is C39H58N2O4. The predicted molar refractivity (Wildman–Crippen MR) is 185 cm³/mol. The van der Waals surface area contributed by atoms with Gasteiger partial charge in [-0.05, 0) is 116 Å². The molecule has 0 radical (unpaired) electrons. The molecular weight excluding hydrogens is 560 g/mol. The van der Waals surface area contributed by atoms with Crippen LogP contribution in [0.3, 0.4) is 0 Å². The van der Waals surface area contributed by atoms with Gasteiger partial charge in [0.1, 0.15) is 40.8 Å². The molecule has 2 saturated carbocycles. The maximum absolute atomic E-state index is 6.44. The zero-order valence-corrected chi connectivity index (χ0v) is 29.5. The molecule has 1 aromatic heterocycles. The van der Waals surface area contributed by atoms with Crippen molar-refractivity contribution in [3.05, 3.63) is 54.3 Å². The van der Waals surface area contributed by atoms with Crippen molar-refractivity contribution < 1.29 is 18.6 Å². The fraction of sp³-hybridized carbons (Fsp3) is 0.641. The lowest BCUT2D eigenvalue weighted by molar-refractivity contribution is 0.0727. The van der Waals surface area contributed by atoms with Crippen molar-refractivity contribution >= 4 is 11.0 Å². The average Bonchev–Trinajstić information content (AvgIpc) is 3.32. The van der Waals surface area contributed by atoms with Gasteiger partial charge < -0.3 is 29.3 Å². The maximum atomic E-state index is 6.44. The van der Waals surface area contributed by atoms with Crippen molar-refractivity contribution in [1.82, 2.24) is 10.6 Å². The van der Waals surface area contributed by atoms with Crippen molar-refractivity contribution in [2.75, 3.05) is 6.61 Å². The van der Waals surface area contributed by atoms with E-state index in [4.69, 9.17) is 18.6 Å². The topological polar surface area (TPSA) is 64.9 Å². The van der Waals surface area contributed by atoms with Crippen LogP contribution in [0.1, 0.15) is 114 Å². The Hall–Kier alpha value is -2.70. The van der Waals surface area contributed by atoms with E-state index in [-0.39, 0.29) is 34.1 Å². The smallest absolute Gasteiger partial charge is 0.137 e. The molecule has 2 fully saturated rings. The summed E-state index contributed by atoms with van der Waals surface area (Å²) in [4.78, 5) is 0. The minimum absolute atomic E-state index is 0.00343. The summed E-state index contributed by atoms with van der Waals surface area (Å²) >= 11 is 0. The van der Waals surface area contributed by atoms with Crippen molar-refractivity contribution in [2.45, 2.75) is 149 Å². The molecule has 0 atom stereocenters. The summed E-state index contributed by atoms with van der Waals surface area (Å²) in [7, 11) is 0. The van der Waals surface area contributed by atoms with Crippen LogP contribution >= 0.6 is 0 Å². The van der Waals surface area contributed by atoms with Gasteiger partial charge in [0.15, 0.2) is 0 Å². The first kappa shape index (κ1) is 33.7. The van der Waals surface area contributed by atoms with E-state index >= 15 is 0 Å². The monoisotopic (exact) mass is 618 g/mol. The molecule has 0 amide bonds. The van der Waals surface area contributed by atoms with Gasteiger partial charge in [0.05, 0.1) is 6.61 Å². The summed E-state index contributed by atoms with van der Waals surface area (Å²) in [5, 5.41) is 8.45. The van der Waals surface area contributed by atoms with E-state index in [2.05, 4.69) is 104 Å². The summed E-state index contributed by atoms with van der Waals surface area (Å²) in [6, 6.07) is 17.6. The number of nitrogens with one attached hydrogen (secondary N) is 2. The third kappa shape index (κ3) is 9.65. The van der Waals surface area contributed by atoms with Gasteiger partial charge in [0, 0.05) is 46.1 Å². The first-order valence-corrected chi connectivity index (χ1v) is 17.1. The zero-order chi connectivity index (χ0) is 32.6. The number of benzene rings is 2. The van der Waals surface area contributed by atoms with Crippen LogP contribution in [0.25, 0.3) is 11.0 Å². The van der Waals surface area contributed by atoms with Gasteiger partial charge in [-0.1, -0.05) is 33.8 Å². The van der Waals surface area contributed by atoms with Gasteiger partial charge in [-0.25, -0.2) is 0 Å². The van der Waals surface area contributed by atoms with E-state index < -0.39 is 0 Å². The van der Waals surface area contributed by atoms with Gasteiger partial charge in [-0.3, -0.25) is 0 Å². The highest BCUT2D eigenvalue weighted by Gasteiger charge is 2.35. The fourth-order valence-electron chi connectivity index (χ4n) is 6.35. The quantitative estimate of drug-likeness (QED) is 0.199. The molecule has 0 aliphatic heterocycles. The molecule has 3 aromatic rings. The molecule has 2 aliphatic rings. The number of furan rings is 1. The zero-order valence-electron chi connectivity index (χ0n) is 29.5. The minimum Gasteiger partial charge on any atom is -0.493 e. The van der Waals surface area contributed by atoms with Crippen LogP contribution in [0.15, 0.2) is 52.9 Å². The highest BCUT2D eigenvalue weighted by atomic mass is 16.5. The van der Waals surface area contributed by atoms with Crippen LogP contribution in [0.2, 0.25) is 0 Å². The minimum atomic E-state index is -0.104. The Kier molecular flexibility index (Phi) is 9.60. The third-order valence-electron chi connectivity index (χ3n) is 9.09. The highest BCUT2D eigenvalue weighted by Crippen LogP contribution is 2.38. The molecule has 45 heavy (non-hydrogen) atoms. The lowest BCUT2D eigenvalue weighted by Crippen LogP contribution is -2.53. The number of hydrogen-bond donors (Lipinski definition) is 2. The molecule has 248 valence electrons. The molecule has 0 spiro atoms. The molecule has 0 bridgehead atoms. The second kappa shape index (κ2) is 12.8. The fourth-order valence-corrected chi connectivity index (χ4v) is 6.35. The number of fused-ring (bicyclic) bond motifs is 1. The summed E-state index contributed by atoms with van der Waals surface area (Å²) in [6.45, 7) is 23.0. The lowest BCUT2D eigenvalue weighted by Gasteiger charge is -2.40. The van der Waals surface area contributed by atoms with Crippen LogP contribution in [-0.2, 0) is 5.41 Å². The predicted octanol–water partition coefficient (Wildman–Crippen LogP) is 9.19. The summed E-state index contributed by atoms with van der Waals surface area (Å²) in [6.07, 6.45) is 6.70. The van der Waals surface area contributed by atoms with Crippen LogP contribution < -0.4 is 24.8 Å². The number of ether oxygens (including phenoxy) is 3. The SMILES string of the molecule is CC(C)(CCC(C)(C)c1cc2ccc(OC3CC(NC(C)(C)C)C3)cc2o1)COc1cccc(OC2CC(NC(C)(C)C)C2)c1. The van der Waals surface area contributed by atoms with Gasteiger partial charge in [-0.15, -0.1) is 0 Å². The Bertz CT molecular complexity index is 1410.